The van der Waals surface area contributed by atoms with Gasteiger partial charge in [0.05, 0.1) is 0 Å². The van der Waals surface area contributed by atoms with Crippen LogP contribution in [0.5, 0.6) is 0 Å². The molecule has 1 aliphatic carbocycles. The first-order valence-corrected chi connectivity index (χ1v) is 9.04. The Morgan fingerprint density at radius 3 is 2.96 bits per heavy atom. The molecule has 1 aliphatic heterocycles. The number of rotatable bonds is 3. The first kappa shape index (κ1) is 16.0. The molecule has 6 nitrogen and oxygen atoms in total. The van der Waals surface area contributed by atoms with E-state index in [1.807, 2.05) is 24.0 Å². The van der Waals surface area contributed by atoms with Crippen LogP contribution in [0.4, 0.5) is 5.82 Å². The summed E-state index contributed by atoms with van der Waals surface area (Å²) >= 11 is 0. The molecular formula is C19H23N5O. The Bertz CT molecular complexity index is 777. The van der Waals surface area contributed by atoms with E-state index in [0.29, 0.717) is 12.2 Å². The van der Waals surface area contributed by atoms with Gasteiger partial charge in [0.15, 0.2) is 0 Å². The van der Waals surface area contributed by atoms with Crippen LogP contribution < -0.4 is 5.32 Å². The summed E-state index contributed by atoms with van der Waals surface area (Å²) in [4.78, 5) is 27.8. The summed E-state index contributed by atoms with van der Waals surface area (Å²) in [7, 11) is 0. The molecule has 1 N–H and O–H groups in total. The van der Waals surface area contributed by atoms with Crippen LogP contribution in [0.2, 0.25) is 0 Å². The van der Waals surface area contributed by atoms with E-state index in [9.17, 15) is 4.79 Å². The molecule has 0 bridgehead atoms. The van der Waals surface area contributed by atoms with E-state index in [1.54, 1.807) is 12.3 Å². The molecule has 25 heavy (non-hydrogen) atoms. The Morgan fingerprint density at radius 2 is 2.12 bits per heavy atom. The molecule has 1 unspecified atom stereocenters. The van der Waals surface area contributed by atoms with Crippen LogP contribution in [0.15, 0.2) is 24.4 Å². The molecule has 2 aromatic heterocycles. The van der Waals surface area contributed by atoms with Crippen molar-refractivity contribution in [3.8, 4) is 0 Å². The lowest BCUT2D eigenvalue weighted by atomic mass is 9.96. The quantitative estimate of drug-likeness (QED) is 0.931. The standard InChI is InChI=1S/C19H23N5O/c1-13-21-16-7-3-2-6-15(16)18(22-13)23-14-9-11-24(12-14)19(25)17-8-4-5-10-20-17/h4-5,8,10,14H,2-3,6-7,9,11-12H2,1H3,(H,21,22,23). The first-order chi connectivity index (χ1) is 12.2. The Hall–Kier alpha value is -2.50. The number of likely N-dealkylation sites (tertiary alicyclic amines) is 1. The average molecular weight is 337 g/mol. The van der Waals surface area contributed by atoms with E-state index in [0.717, 1.165) is 37.4 Å². The Kier molecular flexibility index (Phi) is 4.34. The second-order valence-electron chi connectivity index (χ2n) is 6.85. The Balaban J connectivity index is 1.47. The van der Waals surface area contributed by atoms with E-state index in [-0.39, 0.29) is 11.9 Å². The monoisotopic (exact) mass is 337 g/mol. The lowest BCUT2D eigenvalue weighted by Crippen LogP contribution is -2.32. The van der Waals surface area contributed by atoms with Gasteiger partial charge in [0, 0.05) is 36.6 Å². The minimum Gasteiger partial charge on any atom is -0.365 e. The van der Waals surface area contributed by atoms with Crippen LogP contribution in [0.1, 0.15) is 46.8 Å². The molecular weight excluding hydrogens is 314 g/mol. The molecule has 3 heterocycles. The number of aromatic nitrogens is 3. The Morgan fingerprint density at radius 1 is 1.24 bits per heavy atom. The fourth-order valence-electron chi connectivity index (χ4n) is 3.74. The number of aryl methyl sites for hydroxylation is 2. The topological polar surface area (TPSA) is 71.0 Å². The molecule has 1 amide bonds. The van der Waals surface area contributed by atoms with Crippen molar-refractivity contribution in [3.63, 3.8) is 0 Å². The molecule has 1 fully saturated rings. The largest absolute Gasteiger partial charge is 0.365 e. The van der Waals surface area contributed by atoms with E-state index in [1.165, 1.54) is 24.1 Å². The zero-order valence-electron chi connectivity index (χ0n) is 14.5. The van der Waals surface area contributed by atoms with E-state index < -0.39 is 0 Å². The molecule has 6 heteroatoms. The maximum absolute atomic E-state index is 12.5. The van der Waals surface area contributed by atoms with Crippen molar-refractivity contribution in [2.45, 2.75) is 45.1 Å². The maximum Gasteiger partial charge on any atom is 0.272 e. The van der Waals surface area contributed by atoms with Crippen molar-refractivity contribution >= 4 is 11.7 Å². The van der Waals surface area contributed by atoms with Crippen molar-refractivity contribution in [3.05, 3.63) is 47.2 Å². The number of anilines is 1. The summed E-state index contributed by atoms with van der Waals surface area (Å²) in [6.07, 6.45) is 7.08. The summed E-state index contributed by atoms with van der Waals surface area (Å²) in [5.74, 6) is 1.80. The van der Waals surface area contributed by atoms with Crippen molar-refractivity contribution in [1.82, 2.24) is 19.9 Å². The smallest absolute Gasteiger partial charge is 0.272 e. The second-order valence-corrected chi connectivity index (χ2v) is 6.85. The van der Waals surface area contributed by atoms with Gasteiger partial charge in [-0.2, -0.15) is 0 Å². The molecule has 0 spiro atoms. The van der Waals surface area contributed by atoms with Crippen LogP contribution in [0.3, 0.4) is 0 Å². The molecule has 2 aromatic rings. The third-order valence-corrected chi connectivity index (χ3v) is 5.00. The number of carbonyl (C=O) groups is 1. The summed E-state index contributed by atoms with van der Waals surface area (Å²) in [6.45, 7) is 3.39. The van der Waals surface area contributed by atoms with Crippen molar-refractivity contribution in [2.24, 2.45) is 0 Å². The SMILES string of the molecule is Cc1nc2c(c(NC3CCN(C(=O)c4ccccn4)C3)n1)CCCC2. The van der Waals surface area contributed by atoms with E-state index in [2.05, 4.69) is 20.3 Å². The van der Waals surface area contributed by atoms with Crippen molar-refractivity contribution in [1.29, 1.82) is 0 Å². The van der Waals surface area contributed by atoms with Gasteiger partial charge in [-0.1, -0.05) is 6.07 Å². The summed E-state index contributed by atoms with van der Waals surface area (Å²) in [5, 5.41) is 3.58. The minimum atomic E-state index is 0.00537. The third-order valence-electron chi connectivity index (χ3n) is 5.00. The van der Waals surface area contributed by atoms with Gasteiger partial charge < -0.3 is 10.2 Å². The number of hydrogen-bond acceptors (Lipinski definition) is 5. The van der Waals surface area contributed by atoms with Crippen LogP contribution in [0, 0.1) is 6.92 Å². The number of fused-ring (bicyclic) bond motifs is 1. The van der Waals surface area contributed by atoms with Gasteiger partial charge in [0.25, 0.3) is 5.91 Å². The highest BCUT2D eigenvalue weighted by Gasteiger charge is 2.29. The van der Waals surface area contributed by atoms with Crippen molar-refractivity contribution in [2.75, 3.05) is 18.4 Å². The number of hydrogen-bond donors (Lipinski definition) is 1. The highest BCUT2D eigenvalue weighted by molar-refractivity contribution is 5.92. The minimum absolute atomic E-state index is 0.00537. The highest BCUT2D eigenvalue weighted by Crippen LogP contribution is 2.27. The maximum atomic E-state index is 12.5. The number of nitrogens with zero attached hydrogens (tertiary/aromatic N) is 4. The van der Waals surface area contributed by atoms with Gasteiger partial charge >= 0.3 is 0 Å². The van der Waals surface area contributed by atoms with Crippen LogP contribution >= 0.6 is 0 Å². The normalized spacial score (nSPS) is 19.6. The Labute approximate surface area is 147 Å². The van der Waals surface area contributed by atoms with Gasteiger partial charge in [-0.05, 0) is 51.2 Å². The van der Waals surface area contributed by atoms with Gasteiger partial charge in [0.1, 0.15) is 17.3 Å². The highest BCUT2D eigenvalue weighted by atomic mass is 16.2. The lowest BCUT2D eigenvalue weighted by molar-refractivity contribution is 0.0786. The molecule has 4 rings (SSSR count). The average Bonchev–Trinajstić information content (AvgIpc) is 3.10. The predicted octanol–water partition coefficient (Wildman–Crippen LogP) is 2.39. The summed E-state index contributed by atoms with van der Waals surface area (Å²) in [5.41, 5.74) is 2.98. The molecule has 0 saturated carbocycles. The fraction of sp³-hybridized carbons (Fsp3) is 0.474. The number of carbonyl (C=O) groups excluding carboxylic acids is 1. The molecule has 1 saturated heterocycles. The lowest BCUT2D eigenvalue weighted by Gasteiger charge is -2.22. The number of pyridine rings is 1. The zero-order valence-corrected chi connectivity index (χ0v) is 14.5. The van der Waals surface area contributed by atoms with Gasteiger partial charge in [0.2, 0.25) is 0 Å². The zero-order chi connectivity index (χ0) is 17.2. The predicted molar refractivity (Wildman–Crippen MR) is 95.6 cm³/mol. The number of amides is 1. The summed E-state index contributed by atoms with van der Waals surface area (Å²) < 4.78 is 0. The van der Waals surface area contributed by atoms with Crippen LogP contribution in [-0.2, 0) is 12.8 Å². The van der Waals surface area contributed by atoms with Crippen LogP contribution in [-0.4, -0.2) is 44.9 Å². The van der Waals surface area contributed by atoms with Gasteiger partial charge in [-0.3, -0.25) is 9.78 Å². The van der Waals surface area contributed by atoms with Gasteiger partial charge in [-0.15, -0.1) is 0 Å². The molecule has 0 radical (unpaired) electrons. The first-order valence-electron chi connectivity index (χ1n) is 9.04. The molecule has 0 aromatic carbocycles. The summed E-state index contributed by atoms with van der Waals surface area (Å²) in [6, 6.07) is 5.68. The molecule has 1 atom stereocenters. The number of nitrogens with one attached hydrogen (secondary N) is 1. The van der Waals surface area contributed by atoms with Crippen molar-refractivity contribution < 1.29 is 4.79 Å². The van der Waals surface area contributed by atoms with Crippen LogP contribution in [0.25, 0.3) is 0 Å². The third kappa shape index (κ3) is 3.34. The van der Waals surface area contributed by atoms with E-state index in [4.69, 9.17) is 0 Å². The molecule has 130 valence electrons. The fourth-order valence-corrected chi connectivity index (χ4v) is 3.74. The van der Waals surface area contributed by atoms with Gasteiger partial charge in [-0.25, -0.2) is 9.97 Å². The second kappa shape index (κ2) is 6.78. The van der Waals surface area contributed by atoms with E-state index >= 15 is 0 Å². The molecule has 2 aliphatic rings.